The number of hydrogen-bond acceptors (Lipinski definition) is 1. The van der Waals surface area contributed by atoms with Gasteiger partial charge in [-0.1, -0.05) is 29.8 Å². The van der Waals surface area contributed by atoms with E-state index in [0.717, 1.165) is 16.8 Å². The lowest BCUT2D eigenvalue weighted by Crippen LogP contribution is -1.99. The predicted molar refractivity (Wildman–Crippen MR) is 103 cm³/mol. The number of aryl methyl sites for hydroxylation is 3. The summed E-state index contributed by atoms with van der Waals surface area (Å²) in [6.07, 6.45) is 1.92. The number of nitrogens with zero attached hydrogens (tertiary/aromatic N) is 2. The summed E-state index contributed by atoms with van der Waals surface area (Å²) < 4.78 is 2.26. The molecule has 3 aromatic rings. The second-order valence-electron chi connectivity index (χ2n) is 6.19. The molecule has 3 heteroatoms. The van der Waals surface area contributed by atoms with Crippen LogP contribution >= 0.6 is 11.6 Å². The fraction of sp³-hybridized carbons (Fsp3) is 0.190. The maximum Gasteiger partial charge on any atom is 0.0673 e. The summed E-state index contributed by atoms with van der Waals surface area (Å²) in [7, 11) is 0. The maximum absolute atomic E-state index is 6.08. The van der Waals surface area contributed by atoms with Gasteiger partial charge < -0.3 is 4.57 Å². The Morgan fingerprint density at radius 1 is 0.958 bits per heavy atom. The molecule has 0 N–H and O–H groups in total. The molecule has 0 aliphatic heterocycles. The van der Waals surface area contributed by atoms with Crippen molar-refractivity contribution < 1.29 is 0 Å². The molecule has 0 atom stereocenters. The molecule has 0 radical (unpaired) electrons. The second kappa shape index (κ2) is 6.66. The molecule has 0 saturated heterocycles. The van der Waals surface area contributed by atoms with Crippen molar-refractivity contribution in [2.24, 2.45) is 4.99 Å². The third kappa shape index (κ3) is 3.29. The van der Waals surface area contributed by atoms with Crippen LogP contribution in [0.4, 0.5) is 5.69 Å². The van der Waals surface area contributed by atoms with Gasteiger partial charge in [-0.25, -0.2) is 0 Å². The summed E-state index contributed by atoms with van der Waals surface area (Å²) in [5.41, 5.74) is 7.96. The smallest absolute Gasteiger partial charge is 0.0673 e. The molecule has 0 fully saturated rings. The fourth-order valence-electron chi connectivity index (χ4n) is 2.94. The average molecular weight is 337 g/mol. The van der Waals surface area contributed by atoms with E-state index in [1.54, 1.807) is 0 Å². The summed E-state index contributed by atoms with van der Waals surface area (Å²) in [6.45, 7) is 8.40. The fourth-order valence-corrected chi connectivity index (χ4v) is 3.11. The molecule has 0 bridgehead atoms. The lowest BCUT2D eigenvalue weighted by Gasteiger charge is -2.10. The number of halogens is 1. The van der Waals surface area contributed by atoms with E-state index in [2.05, 4.69) is 60.7 Å². The Hall–Kier alpha value is -2.32. The van der Waals surface area contributed by atoms with Crippen molar-refractivity contribution in [3.05, 3.63) is 81.6 Å². The lowest BCUT2D eigenvalue weighted by molar-refractivity contribution is 0.963. The predicted octanol–water partition coefficient (Wildman–Crippen LogP) is 6.11. The highest BCUT2D eigenvalue weighted by Crippen LogP contribution is 2.24. The molecular weight excluding hydrogens is 316 g/mol. The summed E-state index contributed by atoms with van der Waals surface area (Å²) in [6, 6.07) is 16.5. The SMILES string of the molecule is Cc1cccc(-n2c(C)cc(C=Nc3cc(Cl)ccc3C)c2C)c1. The molecule has 1 aromatic heterocycles. The van der Waals surface area contributed by atoms with E-state index in [1.807, 2.05) is 31.3 Å². The van der Waals surface area contributed by atoms with Crippen LogP contribution < -0.4 is 0 Å². The summed E-state index contributed by atoms with van der Waals surface area (Å²) in [4.78, 5) is 4.64. The lowest BCUT2D eigenvalue weighted by atomic mass is 10.2. The van der Waals surface area contributed by atoms with Crippen LogP contribution in [-0.2, 0) is 0 Å². The van der Waals surface area contributed by atoms with E-state index in [0.29, 0.717) is 5.02 Å². The number of aliphatic imine (C=N–C) groups is 1. The van der Waals surface area contributed by atoms with E-state index in [4.69, 9.17) is 11.6 Å². The molecule has 0 aliphatic rings. The zero-order chi connectivity index (χ0) is 17.3. The zero-order valence-electron chi connectivity index (χ0n) is 14.5. The van der Waals surface area contributed by atoms with Crippen LogP contribution in [0.5, 0.6) is 0 Å². The number of benzene rings is 2. The largest absolute Gasteiger partial charge is 0.318 e. The molecule has 0 aliphatic carbocycles. The molecule has 0 unspecified atom stereocenters. The summed E-state index contributed by atoms with van der Waals surface area (Å²) in [5.74, 6) is 0. The van der Waals surface area contributed by atoms with Crippen LogP contribution in [0.15, 0.2) is 53.5 Å². The van der Waals surface area contributed by atoms with Gasteiger partial charge in [0.2, 0.25) is 0 Å². The number of rotatable bonds is 3. The average Bonchev–Trinajstić information content (AvgIpc) is 2.82. The molecular formula is C21H21ClN2. The molecule has 3 rings (SSSR count). The molecule has 0 amide bonds. The molecule has 122 valence electrons. The van der Waals surface area contributed by atoms with Crippen LogP contribution in [0.25, 0.3) is 5.69 Å². The van der Waals surface area contributed by atoms with Gasteiger partial charge in [-0.15, -0.1) is 0 Å². The number of aromatic nitrogens is 1. The van der Waals surface area contributed by atoms with Crippen molar-refractivity contribution in [2.45, 2.75) is 27.7 Å². The van der Waals surface area contributed by atoms with Gasteiger partial charge >= 0.3 is 0 Å². The van der Waals surface area contributed by atoms with Crippen LogP contribution in [0.2, 0.25) is 5.02 Å². The highest BCUT2D eigenvalue weighted by molar-refractivity contribution is 6.30. The Bertz CT molecular complexity index is 920. The topological polar surface area (TPSA) is 17.3 Å². The van der Waals surface area contributed by atoms with Gasteiger partial charge in [0.1, 0.15) is 0 Å². The monoisotopic (exact) mass is 336 g/mol. The van der Waals surface area contributed by atoms with Crippen molar-refractivity contribution in [2.75, 3.05) is 0 Å². The van der Waals surface area contributed by atoms with Crippen molar-refractivity contribution in [3.63, 3.8) is 0 Å². The van der Waals surface area contributed by atoms with Crippen molar-refractivity contribution in [1.29, 1.82) is 0 Å². The van der Waals surface area contributed by atoms with Crippen molar-refractivity contribution in [1.82, 2.24) is 4.57 Å². The standard InChI is InChI=1S/C21H21ClN2/c1-14-6-5-7-20(10-14)24-16(3)11-18(17(24)4)13-23-21-12-19(22)9-8-15(21)2/h5-13H,1-4H3. The van der Waals surface area contributed by atoms with E-state index in [9.17, 15) is 0 Å². The van der Waals surface area contributed by atoms with E-state index in [1.165, 1.54) is 22.6 Å². The van der Waals surface area contributed by atoms with Gasteiger partial charge in [-0.3, -0.25) is 4.99 Å². The first-order chi connectivity index (χ1) is 11.5. The highest BCUT2D eigenvalue weighted by atomic mass is 35.5. The Morgan fingerprint density at radius 3 is 2.50 bits per heavy atom. The Balaban J connectivity index is 2.00. The minimum atomic E-state index is 0.706. The van der Waals surface area contributed by atoms with Crippen molar-refractivity contribution >= 4 is 23.5 Å². The van der Waals surface area contributed by atoms with E-state index in [-0.39, 0.29) is 0 Å². The molecule has 0 saturated carbocycles. The Kier molecular flexibility index (Phi) is 4.59. The normalized spacial score (nSPS) is 11.4. The molecule has 1 heterocycles. The molecule has 24 heavy (non-hydrogen) atoms. The minimum Gasteiger partial charge on any atom is -0.318 e. The Labute approximate surface area is 148 Å². The zero-order valence-corrected chi connectivity index (χ0v) is 15.2. The van der Waals surface area contributed by atoms with Gasteiger partial charge in [-0.2, -0.15) is 0 Å². The second-order valence-corrected chi connectivity index (χ2v) is 6.63. The third-order valence-electron chi connectivity index (χ3n) is 4.24. The first-order valence-electron chi connectivity index (χ1n) is 8.02. The molecule has 2 nitrogen and oxygen atoms in total. The van der Waals surface area contributed by atoms with E-state index < -0.39 is 0 Å². The highest BCUT2D eigenvalue weighted by Gasteiger charge is 2.09. The molecule has 2 aromatic carbocycles. The van der Waals surface area contributed by atoms with Gasteiger partial charge in [0.15, 0.2) is 0 Å². The minimum absolute atomic E-state index is 0.706. The van der Waals surface area contributed by atoms with Crippen LogP contribution in [0.3, 0.4) is 0 Å². The van der Waals surface area contributed by atoms with Gasteiger partial charge in [0.25, 0.3) is 0 Å². The number of hydrogen-bond donors (Lipinski definition) is 0. The maximum atomic E-state index is 6.08. The third-order valence-corrected chi connectivity index (χ3v) is 4.48. The van der Waals surface area contributed by atoms with Gasteiger partial charge in [-0.05, 0) is 69.2 Å². The first-order valence-corrected chi connectivity index (χ1v) is 8.39. The van der Waals surface area contributed by atoms with Crippen molar-refractivity contribution in [3.8, 4) is 5.69 Å². The first kappa shape index (κ1) is 16.5. The van der Waals surface area contributed by atoms with E-state index >= 15 is 0 Å². The van der Waals surface area contributed by atoms with Crippen LogP contribution in [0, 0.1) is 27.7 Å². The summed E-state index contributed by atoms with van der Waals surface area (Å²) >= 11 is 6.08. The van der Waals surface area contributed by atoms with Crippen LogP contribution in [-0.4, -0.2) is 10.8 Å². The Morgan fingerprint density at radius 2 is 1.75 bits per heavy atom. The quantitative estimate of drug-likeness (QED) is 0.513. The van der Waals surface area contributed by atoms with Gasteiger partial charge in [0, 0.05) is 33.9 Å². The van der Waals surface area contributed by atoms with Gasteiger partial charge in [0.05, 0.1) is 5.69 Å². The summed E-state index contributed by atoms with van der Waals surface area (Å²) in [5, 5.41) is 0.706. The molecule has 0 spiro atoms. The van der Waals surface area contributed by atoms with Crippen LogP contribution in [0.1, 0.15) is 28.1 Å².